The third-order valence-electron chi connectivity index (χ3n) is 2.21. The van der Waals surface area contributed by atoms with E-state index < -0.39 is 5.91 Å². The summed E-state index contributed by atoms with van der Waals surface area (Å²) in [5.74, 6) is -0.520. The van der Waals surface area contributed by atoms with Gasteiger partial charge in [-0.1, -0.05) is 18.2 Å². The number of carbonyl (C=O) groups is 1. The second-order valence-corrected chi connectivity index (χ2v) is 3.28. The molecule has 0 aliphatic heterocycles. The molecule has 4 nitrogen and oxygen atoms in total. The minimum absolute atomic E-state index is 0.0831. The molecule has 76 valence electrons. The van der Waals surface area contributed by atoms with E-state index in [9.17, 15) is 9.59 Å². The minimum atomic E-state index is -0.520. The summed E-state index contributed by atoms with van der Waals surface area (Å²) >= 11 is 0. The number of para-hydroxylation sites is 1. The third-order valence-corrected chi connectivity index (χ3v) is 2.21. The minimum Gasteiger partial charge on any atom is -0.368 e. The van der Waals surface area contributed by atoms with Gasteiger partial charge in [0.2, 0.25) is 5.91 Å². The van der Waals surface area contributed by atoms with E-state index in [0.29, 0.717) is 0 Å². The highest BCUT2D eigenvalue weighted by Gasteiger charge is 2.04. The molecule has 0 unspecified atom stereocenters. The van der Waals surface area contributed by atoms with E-state index in [0.717, 1.165) is 10.9 Å². The Morgan fingerprint density at radius 3 is 2.67 bits per heavy atom. The number of hydrogen-bond acceptors (Lipinski definition) is 2. The predicted molar refractivity (Wildman–Crippen MR) is 57.4 cm³/mol. The number of rotatable bonds is 2. The van der Waals surface area contributed by atoms with Crippen molar-refractivity contribution in [2.24, 2.45) is 5.73 Å². The van der Waals surface area contributed by atoms with Crippen molar-refractivity contribution >= 4 is 16.8 Å². The maximum Gasteiger partial charge on any atom is 0.251 e. The number of amides is 1. The summed E-state index contributed by atoms with van der Waals surface area (Å²) in [6.07, 6.45) is 0. The monoisotopic (exact) mass is 202 g/mol. The van der Waals surface area contributed by atoms with E-state index in [1.54, 1.807) is 12.1 Å². The van der Waals surface area contributed by atoms with Crippen LogP contribution in [0.3, 0.4) is 0 Å². The molecule has 0 saturated carbocycles. The van der Waals surface area contributed by atoms with Crippen LogP contribution in [0.15, 0.2) is 41.2 Å². The number of primary amides is 1. The van der Waals surface area contributed by atoms with Gasteiger partial charge in [-0.3, -0.25) is 14.2 Å². The van der Waals surface area contributed by atoms with E-state index in [-0.39, 0.29) is 12.1 Å². The highest BCUT2D eigenvalue weighted by Crippen LogP contribution is 2.10. The van der Waals surface area contributed by atoms with Gasteiger partial charge in [0.1, 0.15) is 6.54 Å². The maximum atomic E-state index is 11.5. The van der Waals surface area contributed by atoms with E-state index in [1.807, 2.05) is 18.2 Å². The molecule has 0 atom stereocenters. The lowest BCUT2D eigenvalue weighted by Crippen LogP contribution is -2.27. The van der Waals surface area contributed by atoms with E-state index in [4.69, 9.17) is 5.73 Å². The van der Waals surface area contributed by atoms with Crippen LogP contribution in [0.2, 0.25) is 0 Å². The molecule has 4 heteroatoms. The van der Waals surface area contributed by atoms with Gasteiger partial charge in [0.15, 0.2) is 0 Å². The summed E-state index contributed by atoms with van der Waals surface area (Å²) in [5.41, 5.74) is 5.60. The van der Waals surface area contributed by atoms with Gasteiger partial charge in [0.05, 0.1) is 5.52 Å². The van der Waals surface area contributed by atoms with Crippen molar-refractivity contribution in [1.29, 1.82) is 0 Å². The zero-order chi connectivity index (χ0) is 10.8. The molecule has 1 aromatic heterocycles. The third kappa shape index (κ3) is 1.74. The Balaban J connectivity index is 2.74. The Bertz CT molecular complexity index is 572. The van der Waals surface area contributed by atoms with Crippen LogP contribution in [-0.4, -0.2) is 10.5 Å². The lowest BCUT2D eigenvalue weighted by molar-refractivity contribution is -0.118. The van der Waals surface area contributed by atoms with Crippen molar-refractivity contribution in [3.63, 3.8) is 0 Å². The molecule has 1 amide bonds. The van der Waals surface area contributed by atoms with Crippen LogP contribution in [0.25, 0.3) is 10.9 Å². The number of fused-ring (bicyclic) bond motifs is 1. The molecule has 2 rings (SSSR count). The lowest BCUT2D eigenvalue weighted by atomic mass is 10.2. The Hall–Kier alpha value is -2.10. The topological polar surface area (TPSA) is 65.1 Å². The molecular formula is C11H10N2O2. The summed E-state index contributed by atoms with van der Waals surface area (Å²) < 4.78 is 1.37. The molecule has 0 aliphatic rings. The number of carbonyl (C=O) groups excluding carboxylic acids is 1. The number of hydrogen-bond donors (Lipinski definition) is 1. The average molecular weight is 202 g/mol. The van der Waals surface area contributed by atoms with Crippen molar-refractivity contribution in [3.05, 3.63) is 46.8 Å². The smallest absolute Gasteiger partial charge is 0.251 e. The summed E-state index contributed by atoms with van der Waals surface area (Å²) in [6, 6.07) is 10.5. The van der Waals surface area contributed by atoms with Crippen molar-refractivity contribution in [2.45, 2.75) is 6.54 Å². The van der Waals surface area contributed by atoms with E-state index in [1.165, 1.54) is 10.6 Å². The van der Waals surface area contributed by atoms with Crippen LogP contribution in [0.4, 0.5) is 0 Å². The number of nitrogens with two attached hydrogens (primary N) is 1. The van der Waals surface area contributed by atoms with Crippen molar-refractivity contribution in [3.8, 4) is 0 Å². The Kier molecular flexibility index (Phi) is 2.25. The molecule has 2 N–H and O–H groups in total. The molecule has 0 fully saturated rings. The van der Waals surface area contributed by atoms with Gasteiger partial charge in [-0.05, 0) is 17.5 Å². The molecule has 0 aliphatic carbocycles. The molecule has 0 saturated heterocycles. The maximum absolute atomic E-state index is 11.5. The number of benzene rings is 1. The quantitative estimate of drug-likeness (QED) is 0.770. The van der Waals surface area contributed by atoms with Gasteiger partial charge in [-0.2, -0.15) is 0 Å². The van der Waals surface area contributed by atoms with E-state index >= 15 is 0 Å². The molecular weight excluding hydrogens is 192 g/mol. The summed E-state index contributed by atoms with van der Waals surface area (Å²) in [4.78, 5) is 22.4. The Morgan fingerprint density at radius 2 is 1.93 bits per heavy atom. The molecule has 1 heterocycles. The summed E-state index contributed by atoms with van der Waals surface area (Å²) in [7, 11) is 0. The molecule has 2 aromatic rings. The molecule has 0 radical (unpaired) electrons. The SMILES string of the molecule is NC(=O)Cn1c(=O)ccc2ccccc21. The normalized spacial score (nSPS) is 10.4. The lowest BCUT2D eigenvalue weighted by Gasteiger charge is -2.06. The standard InChI is InChI=1S/C11H10N2O2/c12-10(14)7-13-9-4-2-1-3-8(9)5-6-11(13)15/h1-6H,7H2,(H2,12,14). The number of pyridine rings is 1. The predicted octanol–water partition coefficient (Wildman–Crippen LogP) is 0.487. The van der Waals surface area contributed by atoms with Crippen LogP contribution in [0.1, 0.15) is 0 Å². The van der Waals surface area contributed by atoms with Crippen LogP contribution in [-0.2, 0) is 11.3 Å². The zero-order valence-corrected chi connectivity index (χ0v) is 8.01. The molecule has 0 bridgehead atoms. The second kappa shape index (κ2) is 3.57. The first-order valence-corrected chi connectivity index (χ1v) is 4.55. The Labute approximate surface area is 85.9 Å². The van der Waals surface area contributed by atoms with Gasteiger partial charge >= 0.3 is 0 Å². The zero-order valence-electron chi connectivity index (χ0n) is 8.01. The molecule has 0 spiro atoms. The largest absolute Gasteiger partial charge is 0.368 e. The Morgan fingerprint density at radius 1 is 1.20 bits per heavy atom. The van der Waals surface area contributed by atoms with Crippen LogP contribution in [0.5, 0.6) is 0 Å². The van der Waals surface area contributed by atoms with Gasteiger partial charge in [0.25, 0.3) is 5.56 Å². The van der Waals surface area contributed by atoms with Crippen molar-refractivity contribution in [1.82, 2.24) is 4.57 Å². The highest BCUT2D eigenvalue weighted by atomic mass is 16.2. The van der Waals surface area contributed by atoms with Gasteiger partial charge in [-0.25, -0.2) is 0 Å². The fourth-order valence-corrected chi connectivity index (χ4v) is 1.56. The first-order valence-electron chi connectivity index (χ1n) is 4.55. The van der Waals surface area contributed by atoms with Gasteiger partial charge in [0, 0.05) is 6.07 Å². The van der Waals surface area contributed by atoms with Crippen molar-refractivity contribution in [2.75, 3.05) is 0 Å². The van der Waals surface area contributed by atoms with Crippen molar-refractivity contribution < 1.29 is 4.79 Å². The number of nitrogens with zero attached hydrogens (tertiary/aromatic N) is 1. The van der Waals surface area contributed by atoms with E-state index in [2.05, 4.69) is 0 Å². The first kappa shape index (κ1) is 9.45. The van der Waals surface area contributed by atoms with Crippen LogP contribution < -0.4 is 11.3 Å². The number of aromatic nitrogens is 1. The second-order valence-electron chi connectivity index (χ2n) is 3.28. The fraction of sp³-hybridized carbons (Fsp3) is 0.0909. The summed E-state index contributed by atoms with van der Waals surface area (Å²) in [5, 5.41) is 0.915. The highest BCUT2D eigenvalue weighted by molar-refractivity contribution is 5.81. The molecule has 15 heavy (non-hydrogen) atoms. The summed E-state index contributed by atoms with van der Waals surface area (Å²) in [6.45, 7) is -0.0831. The molecule has 1 aromatic carbocycles. The van der Waals surface area contributed by atoms with Crippen LogP contribution >= 0.6 is 0 Å². The van der Waals surface area contributed by atoms with Crippen LogP contribution in [0, 0.1) is 0 Å². The fourth-order valence-electron chi connectivity index (χ4n) is 1.56. The average Bonchev–Trinajstić information content (AvgIpc) is 2.22. The van der Waals surface area contributed by atoms with Gasteiger partial charge < -0.3 is 5.73 Å². The first-order chi connectivity index (χ1) is 7.18. The van der Waals surface area contributed by atoms with Gasteiger partial charge in [-0.15, -0.1) is 0 Å².